The summed E-state index contributed by atoms with van der Waals surface area (Å²) < 4.78 is 0. The van der Waals surface area contributed by atoms with Gasteiger partial charge in [-0.05, 0) is 36.8 Å². The van der Waals surface area contributed by atoms with E-state index in [0.717, 1.165) is 5.56 Å². The first-order chi connectivity index (χ1) is 12.0. The van der Waals surface area contributed by atoms with Gasteiger partial charge < -0.3 is 5.32 Å². The Morgan fingerprint density at radius 3 is 2.52 bits per heavy atom. The van der Waals surface area contributed by atoms with Crippen LogP contribution < -0.4 is 10.7 Å². The molecule has 2 rings (SSSR count). The van der Waals surface area contributed by atoms with Crippen LogP contribution in [-0.4, -0.2) is 18.0 Å². The molecule has 7 heteroatoms. The Morgan fingerprint density at radius 1 is 1.08 bits per heavy atom. The maximum Gasteiger partial charge on any atom is 0.240 e. The minimum absolute atomic E-state index is 0.0261. The second kappa shape index (κ2) is 9.20. The van der Waals surface area contributed by atoms with Crippen LogP contribution in [0.15, 0.2) is 47.6 Å². The van der Waals surface area contributed by atoms with Gasteiger partial charge in [0.1, 0.15) is 0 Å². The molecule has 130 valence electrons. The number of amides is 2. The summed E-state index contributed by atoms with van der Waals surface area (Å²) in [7, 11) is 0. The molecular formula is C18H17Cl2N3O2. The molecule has 2 aromatic rings. The lowest BCUT2D eigenvalue weighted by molar-refractivity contribution is -0.124. The Balaban J connectivity index is 1.77. The molecule has 0 heterocycles. The number of anilines is 1. The van der Waals surface area contributed by atoms with Crippen LogP contribution in [0, 0.1) is 6.92 Å². The zero-order valence-corrected chi connectivity index (χ0v) is 15.1. The van der Waals surface area contributed by atoms with Crippen molar-refractivity contribution in [2.24, 2.45) is 5.10 Å². The lowest BCUT2D eigenvalue weighted by atomic mass is 10.2. The third-order valence-electron chi connectivity index (χ3n) is 3.34. The molecule has 0 unspecified atom stereocenters. The van der Waals surface area contributed by atoms with Crippen molar-refractivity contribution in [2.45, 2.75) is 19.8 Å². The second-order valence-electron chi connectivity index (χ2n) is 5.32. The lowest BCUT2D eigenvalue weighted by Crippen LogP contribution is -2.20. The van der Waals surface area contributed by atoms with Gasteiger partial charge >= 0.3 is 0 Å². The molecule has 25 heavy (non-hydrogen) atoms. The number of aryl methyl sites for hydroxylation is 1. The van der Waals surface area contributed by atoms with Crippen molar-refractivity contribution in [1.82, 2.24) is 5.43 Å². The van der Waals surface area contributed by atoms with Crippen LogP contribution in [0.3, 0.4) is 0 Å². The number of rotatable bonds is 6. The number of hydrazone groups is 1. The van der Waals surface area contributed by atoms with Crippen molar-refractivity contribution in [3.63, 3.8) is 0 Å². The van der Waals surface area contributed by atoms with E-state index in [1.807, 2.05) is 13.0 Å². The van der Waals surface area contributed by atoms with Gasteiger partial charge in [-0.15, -0.1) is 0 Å². The molecule has 0 radical (unpaired) electrons. The molecule has 2 N–H and O–H groups in total. The zero-order chi connectivity index (χ0) is 18.2. The van der Waals surface area contributed by atoms with Gasteiger partial charge in [-0.2, -0.15) is 5.10 Å². The first-order valence-electron chi connectivity index (χ1n) is 7.58. The van der Waals surface area contributed by atoms with Crippen LogP contribution in [-0.2, 0) is 9.59 Å². The van der Waals surface area contributed by atoms with Crippen molar-refractivity contribution >= 4 is 46.9 Å². The maximum absolute atomic E-state index is 11.9. The van der Waals surface area contributed by atoms with Gasteiger partial charge in [-0.3, -0.25) is 9.59 Å². The Hall–Kier alpha value is -2.37. The standard InChI is InChI=1S/C18H17Cl2N3O2/c1-12-10-14(19)6-7-16(12)22-17(24)8-9-18(25)23-21-11-13-4-2-3-5-15(13)20/h2-7,10-11H,8-9H2,1H3,(H,22,24)(H,23,25)/b21-11-. The first kappa shape index (κ1) is 19.0. The highest BCUT2D eigenvalue weighted by atomic mass is 35.5. The highest BCUT2D eigenvalue weighted by molar-refractivity contribution is 6.33. The topological polar surface area (TPSA) is 70.6 Å². The van der Waals surface area contributed by atoms with Gasteiger partial charge in [-0.1, -0.05) is 41.4 Å². The molecule has 0 saturated heterocycles. The molecule has 5 nitrogen and oxygen atoms in total. The summed E-state index contributed by atoms with van der Waals surface area (Å²) in [5.41, 5.74) is 4.59. The number of benzene rings is 2. The Morgan fingerprint density at radius 2 is 1.80 bits per heavy atom. The Labute approximate surface area is 156 Å². The molecule has 0 aliphatic carbocycles. The minimum Gasteiger partial charge on any atom is -0.326 e. The number of carbonyl (C=O) groups excluding carboxylic acids is 2. The van der Waals surface area contributed by atoms with Crippen molar-refractivity contribution in [2.75, 3.05) is 5.32 Å². The van der Waals surface area contributed by atoms with Crippen LogP contribution >= 0.6 is 23.2 Å². The van der Waals surface area contributed by atoms with Crippen LogP contribution in [0.2, 0.25) is 10.0 Å². The van der Waals surface area contributed by atoms with Gasteiger partial charge in [0.2, 0.25) is 11.8 Å². The van der Waals surface area contributed by atoms with E-state index in [9.17, 15) is 9.59 Å². The summed E-state index contributed by atoms with van der Waals surface area (Å²) in [6.45, 7) is 1.84. The third-order valence-corrected chi connectivity index (χ3v) is 3.92. The third kappa shape index (κ3) is 6.21. The molecule has 0 bridgehead atoms. The number of halogens is 2. The highest BCUT2D eigenvalue weighted by Crippen LogP contribution is 2.19. The molecule has 0 atom stereocenters. The fourth-order valence-corrected chi connectivity index (χ4v) is 2.43. The highest BCUT2D eigenvalue weighted by Gasteiger charge is 2.08. The van der Waals surface area contributed by atoms with E-state index >= 15 is 0 Å². The molecule has 0 saturated carbocycles. The normalized spacial score (nSPS) is 10.7. The molecule has 0 fully saturated rings. The van der Waals surface area contributed by atoms with E-state index < -0.39 is 0 Å². The van der Waals surface area contributed by atoms with E-state index in [0.29, 0.717) is 21.3 Å². The lowest BCUT2D eigenvalue weighted by Gasteiger charge is -2.08. The minimum atomic E-state index is -0.355. The van der Waals surface area contributed by atoms with Gasteiger partial charge in [-0.25, -0.2) is 5.43 Å². The van der Waals surface area contributed by atoms with Crippen molar-refractivity contribution in [3.05, 3.63) is 63.6 Å². The van der Waals surface area contributed by atoms with E-state index in [1.54, 1.807) is 36.4 Å². The van der Waals surface area contributed by atoms with E-state index in [2.05, 4.69) is 15.8 Å². The second-order valence-corrected chi connectivity index (χ2v) is 6.17. The molecule has 0 spiro atoms. The van der Waals surface area contributed by atoms with E-state index in [4.69, 9.17) is 23.2 Å². The summed E-state index contributed by atoms with van der Waals surface area (Å²) in [4.78, 5) is 23.6. The molecule has 2 aromatic carbocycles. The van der Waals surface area contributed by atoms with Gasteiger partial charge in [0, 0.05) is 34.1 Å². The number of nitrogens with one attached hydrogen (secondary N) is 2. The molecule has 0 aliphatic rings. The van der Waals surface area contributed by atoms with E-state index in [-0.39, 0.29) is 24.7 Å². The quantitative estimate of drug-likeness (QED) is 0.585. The van der Waals surface area contributed by atoms with Gasteiger partial charge in [0.15, 0.2) is 0 Å². The van der Waals surface area contributed by atoms with Gasteiger partial charge in [0.25, 0.3) is 0 Å². The summed E-state index contributed by atoms with van der Waals surface area (Å²) >= 11 is 11.8. The van der Waals surface area contributed by atoms with Crippen LogP contribution in [0.25, 0.3) is 0 Å². The largest absolute Gasteiger partial charge is 0.326 e. The van der Waals surface area contributed by atoms with Crippen molar-refractivity contribution in [3.8, 4) is 0 Å². The average molecular weight is 378 g/mol. The number of hydrogen-bond donors (Lipinski definition) is 2. The zero-order valence-electron chi connectivity index (χ0n) is 13.6. The predicted molar refractivity (Wildman–Crippen MR) is 101 cm³/mol. The van der Waals surface area contributed by atoms with Gasteiger partial charge in [0.05, 0.1) is 6.21 Å². The van der Waals surface area contributed by atoms with Crippen molar-refractivity contribution < 1.29 is 9.59 Å². The summed E-state index contributed by atoms with van der Waals surface area (Å²) in [5, 5.41) is 7.72. The molecule has 0 aromatic heterocycles. The molecule has 2 amide bonds. The summed E-state index contributed by atoms with van der Waals surface area (Å²) in [5.74, 6) is -0.609. The average Bonchev–Trinajstić information content (AvgIpc) is 2.57. The monoisotopic (exact) mass is 377 g/mol. The van der Waals surface area contributed by atoms with Crippen molar-refractivity contribution in [1.29, 1.82) is 0 Å². The Kier molecular flexibility index (Phi) is 6.98. The smallest absolute Gasteiger partial charge is 0.240 e. The summed E-state index contributed by atoms with van der Waals surface area (Å²) in [6, 6.07) is 12.3. The summed E-state index contributed by atoms with van der Waals surface area (Å²) in [6.07, 6.45) is 1.53. The number of nitrogens with zero attached hydrogens (tertiary/aromatic N) is 1. The molecule has 0 aliphatic heterocycles. The molecular weight excluding hydrogens is 361 g/mol. The fourth-order valence-electron chi connectivity index (χ4n) is 2.02. The SMILES string of the molecule is Cc1cc(Cl)ccc1NC(=O)CCC(=O)N/N=C\c1ccccc1Cl. The Bertz CT molecular complexity index is 807. The van der Waals surface area contributed by atoms with Crippen LogP contribution in [0.4, 0.5) is 5.69 Å². The fraction of sp³-hybridized carbons (Fsp3) is 0.167. The first-order valence-corrected chi connectivity index (χ1v) is 8.34. The van der Waals surface area contributed by atoms with Crippen LogP contribution in [0.1, 0.15) is 24.0 Å². The number of hydrogen-bond acceptors (Lipinski definition) is 3. The number of carbonyl (C=O) groups is 2. The predicted octanol–water partition coefficient (Wildman–Crippen LogP) is 4.17. The maximum atomic E-state index is 11.9. The van der Waals surface area contributed by atoms with Crippen LogP contribution in [0.5, 0.6) is 0 Å². The van der Waals surface area contributed by atoms with E-state index in [1.165, 1.54) is 6.21 Å².